The van der Waals surface area contributed by atoms with E-state index in [0.717, 1.165) is 26.7 Å². The summed E-state index contributed by atoms with van der Waals surface area (Å²) in [5, 5.41) is 3.05. The summed E-state index contributed by atoms with van der Waals surface area (Å²) in [6, 6.07) is 13.8. The lowest BCUT2D eigenvalue weighted by atomic mass is 10.0. The van der Waals surface area contributed by atoms with Crippen molar-refractivity contribution in [3.63, 3.8) is 0 Å². The average molecular weight is 332 g/mol. The Morgan fingerprint density at radius 1 is 1.10 bits per heavy atom. The molecule has 0 radical (unpaired) electrons. The molecule has 0 aliphatic rings. The van der Waals surface area contributed by atoms with Crippen LogP contribution in [0.15, 0.2) is 46.9 Å². The highest BCUT2D eigenvalue weighted by Gasteiger charge is 2.13. The first kappa shape index (κ1) is 14.8. The van der Waals surface area contributed by atoms with Gasteiger partial charge in [0.25, 0.3) is 5.91 Å². The van der Waals surface area contributed by atoms with Gasteiger partial charge in [0.1, 0.15) is 0 Å². The summed E-state index contributed by atoms with van der Waals surface area (Å²) in [6.45, 7) is 5.99. The van der Waals surface area contributed by atoms with Crippen LogP contribution in [0.4, 0.5) is 0 Å². The van der Waals surface area contributed by atoms with Crippen LogP contribution in [0.1, 0.15) is 40.0 Å². The normalized spacial score (nSPS) is 12.0. The molecule has 1 atom stereocenters. The molecule has 3 heteroatoms. The third kappa shape index (κ3) is 3.28. The lowest BCUT2D eigenvalue weighted by molar-refractivity contribution is 0.0939. The summed E-state index contributed by atoms with van der Waals surface area (Å²) in [5.41, 5.74) is 4.00. The molecule has 0 bridgehead atoms. The van der Waals surface area contributed by atoms with Gasteiger partial charge in [-0.05, 0) is 55.7 Å². The van der Waals surface area contributed by atoms with Crippen LogP contribution >= 0.6 is 15.9 Å². The maximum absolute atomic E-state index is 12.3. The minimum absolute atomic E-state index is 0.0180. The minimum atomic E-state index is -0.0263. The molecule has 0 saturated carbocycles. The lowest BCUT2D eigenvalue weighted by Gasteiger charge is -2.16. The van der Waals surface area contributed by atoms with E-state index in [1.165, 1.54) is 0 Å². The van der Waals surface area contributed by atoms with Crippen LogP contribution in [0.25, 0.3) is 0 Å². The second kappa shape index (κ2) is 6.23. The van der Waals surface area contributed by atoms with Gasteiger partial charge in [-0.25, -0.2) is 0 Å². The van der Waals surface area contributed by atoms with Crippen LogP contribution in [0.5, 0.6) is 0 Å². The predicted molar refractivity (Wildman–Crippen MR) is 85.9 cm³/mol. The predicted octanol–water partition coefficient (Wildman–Crippen LogP) is 4.56. The number of carbonyl (C=O) groups excluding carboxylic acids is 1. The van der Waals surface area contributed by atoms with E-state index in [4.69, 9.17) is 0 Å². The van der Waals surface area contributed by atoms with Crippen molar-refractivity contribution in [3.8, 4) is 0 Å². The molecular weight excluding hydrogens is 314 g/mol. The Labute approximate surface area is 128 Å². The zero-order valence-electron chi connectivity index (χ0n) is 11.9. The highest BCUT2D eigenvalue weighted by atomic mass is 79.9. The number of amides is 1. The molecular formula is C17H18BrNO. The zero-order valence-corrected chi connectivity index (χ0v) is 13.5. The van der Waals surface area contributed by atoms with Crippen LogP contribution < -0.4 is 5.32 Å². The van der Waals surface area contributed by atoms with Gasteiger partial charge in [-0.3, -0.25) is 4.79 Å². The van der Waals surface area contributed by atoms with Crippen molar-refractivity contribution in [2.45, 2.75) is 26.8 Å². The number of hydrogen-bond acceptors (Lipinski definition) is 1. The molecule has 0 spiro atoms. The van der Waals surface area contributed by atoms with E-state index in [2.05, 4.69) is 21.2 Å². The molecule has 0 aromatic heterocycles. The first-order valence-electron chi connectivity index (χ1n) is 6.61. The van der Waals surface area contributed by atoms with Gasteiger partial charge in [-0.2, -0.15) is 0 Å². The van der Waals surface area contributed by atoms with E-state index in [1.807, 2.05) is 63.2 Å². The van der Waals surface area contributed by atoms with Gasteiger partial charge in [0.2, 0.25) is 0 Å². The van der Waals surface area contributed by atoms with Crippen molar-refractivity contribution in [2.24, 2.45) is 0 Å². The topological polar surface area (TPSA) is 29.1 Å². The first-order valence-corrected chi connectivity index (χ1v) is 7.41. The summed E-state index contributed by atoms with van der Waals surface area (Å²) in [6.07, 6.45) is 0. The van der Waals surface area contributed by atoms with Gasteiger partial charge < -0.3 is 5.32 Å². The SMILES string of the molecule is Cc1cccc(C(=O)N[C@@H](C)c2ccc(Br)cc2)c1C. The highest BCUT2D eigenvalue weighted by Crippen LogP contribution is 2.18. The summed E-state index contributed by atoms with van der Waals surface area (Å²) < 4.78 is 1.04. The number of rotatable bonds is 3. The summed E-state index contributed by atoms with van der Waals surface area (Å²) >= 11 is 3.41. The molecule has 2 aromatic rings. The van der Waals surface area contributed by atoms with Gasteiger partial charge in [0, 0.05) is 10.0 Å². The number of halogens is 1. The summed E-state index contributed by atoms with van der Waals surface area (Å²) in [5.74, 6) is -0.0263. The molecule has 2 aromatic carbocycles. The fraction of sp³-hybridized carbons (Fsp3) is 0.235. The van der Waals surface area contributed by atoms with Gasteiger partial charge in [-0.15, -0.1) is 0 Å². The van der Waals surface area contributed by atoms with E-state index in [-0.39, 0.29) is 11.9 Å². The van der Waals surface area contributed by atoms with Gasteiger partial charge >= 0.3 is 0 Å². The average Bonchev–Trinajstić information content (AvgIpc) is 2.42. The number of hydrogen-bond donors (Lipinski definition) is 1. The van der Waals surface area contributed by atoms with E-state index in [0.29, 0.717) is 0 Å². The van der Waals surface area contributed by atoms with Crippen LogP contribution in [-0.2, 0) is 0 Å². The standard InChI is InChI=1S/C17H18BrNO/c1-11-5-4-6-16(12(11)2)17(20)19-13(3)14-7-9-15(18)10-8-14/h4-10,13H,1-3H3,(H,19,20)/t13-/m0/s1. The molecule has 0 fully saturated rings. The Balaban J connectivity index is 2.15. The van der Waals surface area contributed by atoms with Crippen molar-refractivity contribution >= 4 is 21.8 Å². The molecule has 0 aliphatic carbocycles. The molecule has 0 heterocycles. The fourth-order valence-corrected chi connectivity index (χ4v) is 2.37. The lowest BCUT2D eigenvalue weighted by Crippen LogP contribution is -2.27. The minimum Gasteiger partial charge on any atom is -0.346 e. The highest BCUT2D eigenvalue weighted by molar-refractivity contribution is 9.10. The monoisotopic (exact) mass is 331 g/mol. The second-order valence-electron chi connectivity index (χ2n) is 4.99. The van der Waals surface area contributed by atoms with Crippen LogP contribution in [0.3, 0.4) is 0 Å². The fourth-order valence-electron chi connectivity index (χ4n) is 2.11. The van der Waals surface area contributed by atoms with Gasteiger partial charge in [0.15, 0.2) is 0 Å². The summed E-state index contributed by atoms with van der Waals surface area (Å²) in [4.78, 5) is 12.3. The molecule has 2 rings (SSSR count). The van der Waals surface area contributed by atoms with Crippen molar-refractivity contribution in [1.29, 1.82) is 0 Å². The van der Waals surface area contributed by atoms with Crippen molar-refractivity contribution < 1.29 is 4.79 Å². The van der Waals surface area contributed by atoms with E-state index < -0.39 is 0 Å². The quantitative estimate of drug-likeness (QED) is 0.877. The number of benzene rings is 2. The molecule has 0 aliphatic heterocycles. The van der Waals surface area contributed by atoms with Gasteiger partial charge in [-0.1, -0.05) is 40.2 Å². The van der Waals surface area contributed by atoms with Crippen LogP contribution in [0, 0.1) is 13.8 Å². The Bertz CT molecular complexity index is 619. The van der Waals surface area contributed by atoms with Crippen LogP contribution in [0.2, 0.25) is 0 Å². The Morgan fingerprint density at radius 2 is 1.75 bits per heavy atom. The van der Waals surface area contributed by atoms with E-state index in [9.17, 15) is 4.79 Å². The van der Waals surface area contributed by atoms with Crippen molar-refractivity contribution in [1.82, 2.24) is 5.32 Å². The molecule has 2 nitrogen and oxygen atoms in total. The number of aryl methyl sites for hydroxylation is 1. The second-order valence-corrected chi connectivity index (χ2v) is 5.91. The zero-order chi connectivity index (χ0) is 14.7. The Kier molecular flexibility index (Phi) is 4.61. The largest absolute Gasteiger partial charge is 0.346 e. The number of carbonyl (C=O) groups is 1. The number of nitrogens with one attached hydrogen (secondary N) is 1. The third-order valence-electron chi connectivity index (χ3n) is 3.57. The maximum atomic E-state index is 12.3. The van der Waals surface area contributed by atoms with Crippen LogP contribution in [-0.4, -0.2) is 5.91 Å². The van der Waals surface area contributed by atoms with Crippen molar-refractivity contribution in [2.75, 3.05) is 0 Å². The maximum Gasteiger partial charge on any atom is 0.252 e. The first-order chi connectivity index (χ1) is 9.49. The van der Waals surface area contributed by atoms with E-state index in [1.54, 1.807) is 0 Å². The Hall–Kier alpha value is -1.61. The third-order valence-corrected chi connectivity index (χ3v) is 4.10. The Morgan fingerprint density at radius 3 is 2.40 bits per heavy atom. The molecule has 0 saturated heterocycles. The molecule has 1 amide bonds. The molecule has 1 N–H and O–H groups in total. The molecule has 104 valence electrons. The smallest absolute Gasteiger partial charge is 0.252 e. The molecule has 0 unspecified atom stereocenters. The van der Waals surface area contributed by atoms with Gasteiger partial charge in [0.05, 0.1) is 6.04 Å². The molecule has 20 heavy (non-hydrogen) atoms. The summed E-state index contributed by atoms with van der Waals surface area (Å²) in [7, 11) is 0. The van der Waals surface area contributed by atoms with E-state index >= 15 is 0 Å². The van der Waals surface area contributed by atoms with Crippen molar-refractivity contribution in [3.05, 3.63) is 69.2 Å².